The number of rotatable bonds is 15. The molecule has 2 amide bonds. The third-order valence-electron chi connectivity index (χ3n) is 7.84. The standard InChI is InChI=1S/C35H39ClN6O4S/c1-23-19-24(2)40-32(23)20-27-13-12-26(41-27)14-17-34(44)37-18-5-3-4-9-33(43)38-21-25-10-15-28(16-11-25)47(45,46)42-31-8-6-7-29-30(36)22-39-35(29)31/h6-8,10-13,15-16,19-20,22,39-40,42H,3-5,9,14,17-18,21H2,1-2H3,(H,37,44)(H,38,43)/b27-20-. The summed E-state index contributed by atoms with van der Waals surface area (Å²) in [6, 6.07) is 13.7. The molecular formula is C35H39ClN6O4S. The van der Waals surface area contributed by atoms with Crippen molar-refractivity contribution >= 4 is 61.8 Å². The minimum absolute atomic E-state index is 0.00972. The molecule has 0 saturated carbocycles. The number of aryl methyl sites for hydroxylation is 2. The fourth-order valence-electron chi connectivity index (χ4n) is 5.32. The van der Waals surface area contributed by atoms with Crippen LogP contribution in [0.5, 0.6) is 0 Å². The quantitative estimate of drug-likeness (QED) is 0.0893. The lowest BCUT2D eigenvalue weighted by Gasteiger charge is -2.10. The van der Waals surface area contributed by atoms with Crippen LogP contribution in [0.2, 0.25) is 5.02 Å². The van der Waals surface area contributed by atoms with Crippen molar-refractivity contribution in [2.75, 3.05) is 11.3 Å². The third kappa shape index (κ3) is 9.24. The molecule has 0 fully saturated rings. The number of hydrogen-bond acceptors (Lipinski definition) is 5. The summed E-state index contributed by atoms with van der Waals surface area (Å²) in [5.41, 5.74) is 6.90. The second-order valence-electron chi connectivity index (χ2n) is 11.6. The number of anilines is 1. The van der Waals surface area contributed by atoms with Gasteiger partial charge in [0.1, 0.15) is 0 Å². The Morgan fingerprint density at radius 3 is 2.51 bits per heavy atom. The van der Waals surface area contributed by atoms with Gasteiger partial charge in [-0.25, -0.2) is 8.42 Å². The Bertz CT molecular complexity index is 1950. The molecule has 2 aromatic heterocycles. The topological polar surface area (TPSA) is 148 Å². The molecule has 2 aromatic carbocycles. The van der Waals surface area contributed by atoms with Gasteiger partial charge >= 0.3 is 0 Å². The van der Waals surface area contributed by atoms with Gasteiger partial charge < -0.3 is 20.6 Å². The van der Waals surface area contributed by atoms with Crippen molar-refractivity contribution in [3.05, 3.63) is 100 Å². The molecule has 0 aliphatic carbocycles. The summed E-state index contributed by atoms with van der Waals surface area (Å²) < 4.78 is 28.5. The third-order valence-corrected chi connectivity index (χ3v) is 9.54. The van der Waals surface area contributed by atoms with Crippen molar-refractivity contribution < 1.29 is 18.0 Å². The fourth-order valence-corrected chi connectivity index (χ4v) is 6.60. The molecule has 246 valence electrons. The number of sulfonamides is 1. The Morgan fingerprint density at radius 2 is 1.74 bits per heavy atom. The van der Waals surface area contributed by atoms with Crippen LogP contribution in [0.25, 0.3) is 17.0 Å². The molecule has 0 spiro atoms. The van der Waals surface area contributed by atoms with Crippen molar-refractivity contribution in [1.29, 1.82) is 0 Å². The van der Waals surface area contributed by atoms with Crippen LogP contribution in [-0.2, 0) is 26.2 Å². The summed E-state index contributed by atoms with van der Waals surface area (Å²) in [6.07, 6.45) is 11.2. The molecule has 0 saturated heterocycles. The maximum atomic E-state index is 13.0. The molecule has 0 radical (unpaired) electrons. The van der Waals surface area contributed by atoms with Gasteiger partial charge in [0.15, 0.2) is 0 Å². The number of aromatic amines is 2. The van der Waals surface area contributed by atoms with E-state index < -0.39 is 10.0 Å². The van der Waals surface area contributed by atoms with E-state index >= 15 is 0 Å². The number of aromatic nitrogens is 2. The highest BCUT2D eigenvalue weighted by atomic mass is 35.5. The second kappa shape index (κ2) is 15.3. The maximum Gasteiger partial charge on any atom is 0.261 e. The van der Waals surface area contributed by atoms with E-state index in [1.807, 2.05) is 31.2 Å². The van der Waals surface area contributed by atoms with Crippen LogP contribution < -0.4 is 15.4 Å². The monoisotopic (exact) mass is 674 g/mol. The Balaban J connectivity index is 0.946. The van der Waals surface area contributed by atoms with E-state index in [4.69, 9.17) is 11.6 Å². The van der Waals surface area contributed by atoms with Crippen LogP contribution >= 0.6 is 11.6 Å². The van der Waals surface area contributed by atoms with Gasteiger partial charge in [-0.15, -0.1) is 0 Å². The van der Waals surface area contributed by atoms with Crippen molar-refractivity contribution in [2.45, 2.75) is 63.8 Å². The van der Waals surface area contributed by atoms with Crippen molar-refractivity contribution in [3.63, 3.8) is 0 Å². The SMILES string of the molecule is Cc1cc(C)c(/C=C2/C=CC(CCC(=O)NCCCCCC(=O)NCc3ccc(S(=O)(=O)Nc4cccc5c(Cl)c[nH]c45)cc3)=N2)[nH]1. The lowest BCUT2D eigenvalue weighted by Crippen LogP contribution is -2.25. The number of aliphatic imine (C=N–C) groups is 1. The van der Waals surface area contributed by atoms with Crippen LogP contribution in [0.3, 0.4) is 0 Å². The number of H-pyrrole nitrogens is 2. The predicted molar refractivity (Wildman–Crippen MR) is 188 cm³/mol. The number of nitrogens with zero attached hydrogens (tertiary/aromatic N) is 1. The fraction of sp³-hybridized carbons (Fsp3) is 0.286. The zero-order valence-electron chi connectivity index (χ0n) is 26.5. The number of fused-ring (bicyclic) bond motifs is 1. The van der Waals surface area contributed by atoms with Crippen LogP contribution in [0.4, 0.5) is 5.69 Å². The molecule has 5 rings (SSSR count). The Labute approximate surface area is 279 Å². The van der Waals surface area contributed by atoms with Gasteiger partial charge in [-0.2, -0.15) is 0 Å². The molecule has 47 heavy (non-hydrogen) atoms. The largest absolute Gasteiger partial charge is 0.359 e. The van der Waals surface area contributed by atoms with Gasteiger partial charge in [-0.1, -0.05) is 42.3 Å². The average Bonchev–Trinajstić information content (AvgIpc) is 3.75. The molecule has 0 atom stereocenters. The highest BCUT2D eigenvalue weighted by molar-refractivity contribution is 7.92. The Morgan fingerprint density at radius 1 is 0.957 bits per heavy atom. The highest BCUT2D eigenvalue weighted by Gasteiger charge is 2.17. The lowest BCUT2D eigenvalue weighted by molar-refractivity contribution is -0.122. The first-order valence-electron chi connectivity index (χ1n) is 15.6. The molecule has 0 bridgehead atoms. The van der Waals surface area contributed by atoms with E-state index in [2.05, 4.69) is 43.3 Å². The number of benzene rings is 2. The number of allylic oxidation sites excluding steroid dienone is 2. The van der Waals surface area contributed by atoms with E-state index in [-0.39, 0.29) is 16.7 Å². The summed E-state index contributed by atoms with van der Waals surface area (Å²) in [5, 5.41) is 7.07. The minimum Gasteiger partial charge on any atom is -0.359 e. The predicted octanol–water partition coefficient (Wildman–Crippen LogP) is 6.69. The van der Waals surface area contributed by atoms with Crippen LogP contribution in [0.1, 0.15) is 61.0 Å². The molecule has 1 aliphatic heterocycles. The number of para-hydroxylation sites is 1. The van der Waals surface area contributed by atoms with E-state index in [1.165, 1.54) is 17.7 Å². The summed E-state index contributed by atoms with van der Waals surface area (Å²) in [5.74, 6) is -0.0880. The summed E-state index contributed by atoms with van der Waals surface area (Å²) in [7, 11) is -3.83. The molecule has 0 unspecified atom stereocenters. The smallest absolute Gasteiger partial charge is 0.261 e. The summed E-state index contributed by atoms with van der Waals surface area (Å²) in [6.45, 7) is 4.95. The minimum atomic E-state index is -3.83. The normalized spacial score (nSPS) is 13.7. The molecule has 5 N–H and O–H groups in total. The van der Waals surface area contributed by atoms with Crippen molar-refractivity contribution in [3.8, 4) is 0 Å². The van der Waals surface area contributed by atoms with Gasteiger partial charge in [0.25, 0.3) is 10.0 Å². The van der Waals surface area contributed by atoms with Gasteiger partial charge in [-0.05, 0) is 86.7 Å². The first kappa shape index (κ1) is 33.7. The van der Waals surface area contributed by atoms with E-state index in [0.29, 0.717) is 55.0 Å². The number of nitrogens with one attached hydrogen (secondary N) is 5. The number of amides is 2. The van der Waals surface area contributed by atoms with Crippen LogP contribution in [0, 0.1) is 13.8 Å². The van der Waals surface area contributed by atoms with Gasteiger partial charge in [0.05, 0.1) is 26.8 Å². The Hall–Kier alpha value is -4.61. The number of halogens is 1. The van der Waals surface area contributed by atoms with E-state index in [0.717, 1.165) is 46.6 Å². The molecular weight excluding hydrogens is 636 g/mol. The molecule has 12 heteroatoms. The second-order valence-corrected chi connectivity index (χ2v) is 13.7. The molecule has 4 aromatic rings. The molecule has 10 nitrogen and oxygen atoms in total. The summed E-state index contributed by atoms with van der Waals surface area (Å²) in [4.78, 5) is 35.6. The lowest BCUT2D eigenvalue weighted by atomic mass is 10.1. The Kier molecular flexibility index (Phi) is 11.0. The van der Waals surface area contributed by atoms with Crippen molar-refractivity contribution in [1.82, 2.24) is 20.6 Å². The molecule has 3 heterocycles. The van der Waals surface area contributed by atoms with E-state index in [9.17, 15) is 18.0 Å². The highest BCUT2D eigenvalue weighted by Crippen LogP contribution is 2.30. The number of carbonyl (C=O) groups is 2. The molecule has 1 aliphatic rings. The first-order chi connectivity index (χ1) is 22.6. The maximum absolute atomic E-state index is 13.0. The van der Waals surface area contributed by atoms with E-state index in [1.54, 1.807) is 30.5 Å². The first-order valence-corrected chi connectivity index (χ1v) is 17.5. The van der Waals surface area contributed by atoms with Gasteiger partial charge in [-0.3, -0.25) is 19.3 Å². The summed E-state index contributed by atoms with van der Waals surface area (Å²) >= 11 is 6.15. The zero-order valence-corrected chi connectivity index (χ0v) is 28.0. The number of unbranched alkanes of at least 4 members (excludes halogenated alkanes) is 2. The average molecular weight is 675 g/mol. The van der Waals surface area contributed by atoms with Gasteiger partial charge in [0, 0.05) is 54.6 Å². The van der Waals surface area contributed by atoms with Crippen LogP contribution in [0.15, 0.2) is 82.5 Å². The number of carbonyl (C=O) groups excluding carboxylic acids is 2. The van der Waals surface area contributed by atoms with Crippen molar-refractivity contribution in [2.24, 2.45) is 4.99 Å². The van der Waals surface area contributed by atoms with Crippen LogP contribution in [-0.4, -0.2) is 42.5 Å². The number of hydrogen-bond donors (Lipinski definition) is 5. The zero-order chi connectivity index (χ0) is 33.4. The van der Waals surface area contributed by atoms with Gasteiger partial charge in [0.2, 0.25) is 11.8 Å².